The summed E-state index contributed by atoms with van der Waals surface area (Å²) in [4.78, 5) is 13.4. The van der Waals surface area contributed by atoms with Crippen LogP contribution in [0.3, 0.4) is 0 Å². The summed E-state index contributed by atoms with van der Waals surface area (Å²) in [6.07, 6.45) is 4.65. The van der Waals surface area contributed by atoms with Crippen molar-refractivity contribution in [2.45, 2.75) is 33.7 Å². The van der Waals surface area contributed by atoms with Crippen LogP contribution in [0.5, 0.6) is 0 Å². The lowest BCUT2D eigenvalue weighted by Crippen LogP contribution is -2.28. The molecule has 0 aliphatic carbocycles. The van der Waals surface area contributed by atoms with E-state index in [0.29, 0.717) is 16.0 Å². The fourth-order valence-electron chi connectivity index (χ4n) is 3.71. The van der Waals surface area contributed by atoms with E-state index in [-0.39, 0.29) is 0 Å². The van der Waals surface area contributed by atoms with E-state index in [4.69, 9.17) is 28.2 Å². The Morgan fingerprint density at radius 2 is 2.03 bits per heavy atom. The van der Waals surface area contributed by atoms with Gasteiger partial charge in [0.25, 0.3) is 0 Å². The van der Waals surface area contributed by atoms with Crippen LogP contribution in [-0.2, 0) is 13.0 Å². The molecule has 0 aliphatic rings. The molecule has 4 rings (SSSR count). The maximum absolute atomic E-state index is 6.50. The summed E-state index contributed by atoms with van der Waals surface area (Å²) in [6.45, 7) is 8.44. The van der Waals surface area contributed by atoms with Crippen molar-refractivity contribution in [1.29, 1.82) is 0 Å². The highest BCUT2D eigenvalue weighted by Crippen LogP contribution is 2.34. The molecule has 3 heterocycles. The molecule has 156 valence electrons. The highest BCUT2D eigenvalue weighted by molar-refractivity contribution is 7.09. The van der Waals surface area contributed by atoms with Crippen molar-refractivity contribution < 1.29 is 0 Å². The van der Waals surface area contributed by atoms with Crippen molar-refractivity contribution in [1.82, 2.24) is 14.4 Å². The predicted octanol–water partition coefficient (Wildman–Crippen LogP) is 6.99. The van der Waals surface area contributed by atoms with Gasteiger partial charge in [0, 0.05) is 34.4 Å². The van der Waals surface area contributed by atoms with Crippen LogP contribution in [0.2, 0.25) is 10.0 Å². The molecule has 0 saturated carbocycles. The van der Waals surface area contributed by atoms with Gasteiger partial charge in [-0.3, -0.25) is 9.38 Å². The smallest absolute Gasteiger partial charge is 0.165 e. The first-order valence-electron chi connectivity index (χ1n) is 10.1. The number of fused-ring (bicyclic) bond motifs is 1. The van der Waals surface area contributed by atoms with E-state index >= 15 is 0 Å². The Morgan fingerprint density at radius 1 is 1.20 bits per heavy atom. The van der Waals surface area contributed by atoms with E-state index in [2.05, 4.69) is 52.6 Å². The van der Waals surface area contributed by atoms with Crippen molar-refractivity contribution in [3.8, 4) is 11.3 Å². The van der Waals surface area contributed by atoms with Crippen LogP contribution in [0.25, 0.3) is 16.9 Å². The molecular weight excluding hydrogens is 435 g/mol. The van der Waals surface area contributed by atoms with Crippen molar-refractivity contribution in [2.75, 3.05) is 11.4 Å². The van der Waals surface area contributed by atoms with E-state index in [9.17, 15) is 0 Å². The molecule has 0 fully saturated rings. The van der Waals surface area contributed by atoms with Crippen molar-refractivity contribution >= 4 is 46.0 Å². The number of halogens is 2. The average Bonchev–Trinajstić information content (AvgIpc) is 3.34. The van der Waals surface area contributed by atoms with Gasteiger partial charge < -0.3 is 4.90 Å². The SMILES string of the molecule is CCc1nc2c(-c3ccc(Cl)cc3Cl)nccn2c1N(Cc1cccs1)CC(C)C. The Labute approximate surface area is 191 Å². The quantitative estimate of drug-likeness (QED) is 0.299. The van der Waals surface area contributed by atoms with E-state index in [0.717, 1.165) is 47.9 Å². The fourth-order valence-corrected chi connectivity index (χ4v) is 4.93. The Morgan fingerprint density at radius 3 is 2.70 bits per heavy atom. The number of rotatable bonds is 7. The Balaban J connectivity index is 1.89. The molecule has 3 aromatic heterocycles. The molecule has 0 spiro atoms. The van der Waals surface area contributed by atoms with E-state index in [1.165, 1.54) is 4.88 Å². The number of aromatic nitrogens is 3. The summed E-state index contributed by atoms with van der Waals surface area (Å²) in [7, 11) is 0. The first-order valence-corrected chi connectivity index (χ1v) is 11.7. The van der Waals surface area contributed by atoms with Crippen LogP contribution in [0.15, 0.2) is 48.1 Å². The summed E-state index contributed by atoms with van der Waals surface area (Å²) in [5.41, 5.74) is 3.47. The number of imidazole rings is 1. The molecular formula is C23H24Cl2N4S. The standard InChI is InChI=1S/C23H24Cl2N4S/c1-4-20-23(28(13-15(2)3)14-17-6-5-11-30-17)29-10-9-26-21(22(29)27-20)18-8-7-16(24)12-19(18)25/h5-12,15H,4,13-14H2,1-3H3. The highest BCUT2D eigenvalue weighted by Gasteiger charge is 2.22. The minimum atomic E-state index is 0.521. The number of thiophene rings is 1. The second kappa shape index (κ2) is 8.96. The minimum Gasteiger partial charge on any atom is -0.351 e. The van der Waals surface area contributed by atoms with E-state index in [1.807, 2.05) is 24.5 Å². The van der Waals surface area contributed by atoms with Gasteiger partial charge in [0.2, 0.25) is 0 Å². The van der Waals surface area contributed by atoms with Crippen LogP contribution in [-0.4, -0.2) is 20.9 Å². The molecule has 4 nitrogen and oxygen atoms in total. The third-order valence-electron chi connectivity index (χ3n) is 4.92. The average molecular weight is 459 g/mol. The number of nitrogens with zero attached hydrogens (tertiary/aromatic N) is 4. The summed E-state index contributed by atoms with van der Waals surface area (Å²) < 4.78 is 2.15. The van der Waals surface area contributed by atoms with Crippen molar-refractivity contribution in [2.24, 2.45) is 5.92 Å². The zero-order valence-corrected chi connectivity index (χ0v) is 19.6. The number of hydrogen-bond donors (Lipinski definition) is 0. The molecule has 1 aromatic carbocycles. The van der Waals surface area contributed by atoms with Crippen LogP contribution < -0.4 is 4.90 Å². The lowest BCUT2D eigenvalue weighted by atomic mass is 10.1. The molecule has 4 aromatic rings. The minimum absolute atomic E-state index is 0.521. The maximum Gasteiger partial charge on any atom is 0.165 e. The first kappa shape index (κ1) is 21.2. The second-order valence-electron chi connectivity index (χ2n) is 7.68. The molecule has 0 aliphatic heterocycles. The van der Waals surface area contributed by atoms with Gasteiger partial charge in [0.05, 0.1) is 17.3 Å². The summed E-state index contributed by atoms with van der Waals surface area (Å²) in [5.74, 6) is 1.65. The molecule has 30 heavy (non-hydrogen) atoms. The highest BCUT2D eigenvalue weighted by atomic mass is 35.5. The number of hydrogen-bond acceptors (Lipinski definition) is 4. The third-order valence-corrected chi connectivity index (χ3v) is 6.33. The van der Waals surface area contributed by atoms with Crippen molar-refractivity contribution in [3.63, 3.8) is 0 Å². The monoisotopic (exact) mass is 458 g/mol. The third kappa shape index (κ3) is 4.20. The number of benzene rings is 1. The maximum atomic E-state index is 6.50. The van der Waals surface area contributed by atoms with Crippen molar-refractivity contribution in [3.05, 3.63) is 68.7 Å². The van der Waals surface area contributed by atoms with Crippen LogP contribution >= 0.6 is 34.5 Å². The Hall–Kier alpha value is -2.08. The number of aryl methyl sites for hydroxylation is 1. The van der Waals surface area contributed by atoms with Gasteiger partial charge >= 0.3 is 0 Å². The van der Waals surface area contributed by atoms with Crippen LogP contribution in [0.4, 0.5) is 5.82 Å². The van der Waals surface area contributed by atoms with Crippen LogP contribution in [0, 0.1) is 5.92 Å². The van der Waals surface area contributed by atoms with Gasteiger partial charge in [-0.1, -0.05) is 50.0 Å². The van der Waals surface area contributed by atoms with E-state index < -0.39 is 0 Å². The van der Waals surface area contributed by atoms with Gasteiger partial charge in [-0.05, 0) is 42.0 Å². The predicted molar refractivity (Wildman–Crippen MR) is 128 cm³/mol. The molecule has 7 heteroatoms. The largest absolute Gasteiger partial charge is 0.351 e. The summed E-state index contributed by atoms with van der Waals surface area (Å²) >= 11 is 14.4. The zero-order valence-electron chi connectivity index (χ0n) is 17.3. The molecule has 0 atom stereocenters. The zero-order chi connectivity index (χ0) is 21.3. The fraction of sp³-hybridized carbons (Fsp3) is 0.304. The van der Waals surface area contributed by atoms with Gasteiger partial charge in [-0.2, -0.15) is 0 Å². The molecule has 0 radical (unpaired) electrons. The van der Waals surface area contributed by atoms with Gasteiger partial charge in [-0.15, -0.1) is 11.3 Å². The molecule has 0 amide bonds. The lowest BCUT2D eigenvalue weighted by Gasteiger charge is -2.26. The van der Waals surface area contributed by atoms with Gasteiger partial charge in [0.1, 0.15) is 11.5 Å². The molecule has 0 N–H and O–H groups in total. The molecule has 0 bridgehead atoms. The topological polar surface area (TPSA) is 33.4 Å². The Bertz CT molecular complexity index is 1150. The molecule has 0 unspecified atom stereocenters. The summed E-state index contributed by atoms with van der Waals surface area (Å²) in [5, 5.41) is 3.30. The van der Waals surface area contributed by atoms with Crippen LogP contribution in [0.1, 0.15) is 31.3 Å². The second-order valence-corrected chi connectivity index (χ2v) is 9.56. The lowest BCUT2D eigenvalue weighted by molar-refractivity contribution is 0.603. The first-order chi connectivity index (χ1) is 14.5. The van der Waals surface area contributed by atoms with Gasteiger partial charge in [0.15, 0.2) is 5.65 Å². The van der Waals surface area contributed by atoms with E-state index in [1.54, 1.807) is 17.4 Å². The number of anilines is 1. The van der Waals surface area contributed by atoms with Gasteiger partial charge in [-0.25, -0.2) is 4.98 Å². The Kier molecular flexibility index (Phi) is 6.32. The summed E-state index contributed by atoms with van der Waals surface area (Å²) in [6, 6.07) is 9.78. The normalized spacial score (nSPS) is 11.5. The molecule has 0 saturated heterocycles.